The van der Waals surface area contributed by atoms with Gasteiger partial charge < -0.3 is 0 Å². The molecule has 4 heteroatoms. The first-order valence-corrected chi connectivity index (χ1v) is 3.09. The zero-order valence-electron chi connectivity index (χ0n) is 5.49. The van der Waals surface area contributed by atoms with Crippen molar-refractivity contribution in [1.82, 2.24) is 4.90 Å². The first-order chi connectivity index (χ1) is 4.34. The molecule has 0 N–H and O–H groups in total. The maximum atomic E-state index is 8.08. The second-order valence-corrected chi connectivity index (χ2v) is 2.31. The first kappa shape index (κ1) is 6.39. The third-order valence-corrected chi connectivity index (χ3v) is 1.67. The van der Waals surface area contributed by atoms with Gasteiger partial charge in [-0.05, 0) is 32.0 Å². The van der Waals surface area contributed by atoms with Crippen LogP contribution >= 0.6 is 0 Å². The normalized spacial score (nSPS) is 27.9. The zero-order chi connectivity index (χ0) is 6.69. The van der Waals surface area contributed by atoms with Crippen LogP contribution in [0.25, 0.3) is 10.4 Å². The van der Waals surface area contributed by atoms with Gasteiger partial charge in [-0.3, -0.25) is 4.90 Å². The van der Waals surface area contributed by atoms with E-state index >= 15 is 0 Å². The van der Waals surface area contributed by atoms with Crippen LogP contribution in [0.4, 0.5) is 0 Å². The summed E-state index contributed by atoms with van der Waals surface area (Å²) in [5.41, 5.74) is 8.08. The zero-order valence-corrected chi connectivity index (χ0v) is 5.49. The predicted molar refractivity (Wildman–Crippen MR) is 34.8 cm³/mol. The van der Waals surface area contributed by atoms with Crippen molar-refractivity contribution in [2.45, 2.75) is 19.0 Å². The molecule has 0 amide bonds. The Morgan fingerprint density at radius 1 is 1.78 bits per heavy atom. The van der Waals surface area contributed by atoms with Crippen molar-refractivity contribution in [3.8, 4) is 0 Å². The van der Waals surface area contributed by atoms with E-state index in [4.69, 9.17) is 5.53 Å². The van der Waals surface area contributed by atoms with E-state index in [9.17, 15) is 0 Å². The van der Waals surface area contributed by atoms with Gasteiger partial charge in [0.2, 0.25) is 0 Å². The second-order valence-electron chi connectivity index (χ2n) is 2.31. The fourth-order valence-electron chi connectivity index (χ4n) is 1.10. The van der Waals surface area contributed by atoms with Crippen LogP contribution in [-0.2, 0) is 0 Å². The monoisotopic (exact) mass is 126 g/mol. The highest BCUT2D eigenvalue weighted by Gasteiger charge is 2.18. The molecule has 0 spiro atoms. The van der Waals surface area contributed by atoms with Crippen LogP contribution in [0.3, 0.4) is 0 Å². The number of hydrogen-bond donors (Lipinski definition) is 0. The Labute approximate surface area is 54.1 Å². The van der Waals surface area contributed by atoms with Gasteiger partial charge in [0.25, 0.3) is 0 Å². The Morgan fingerprint density at radius 3 is 3.00 bits per heavy atom. The van der Waals surface area contributed by atoms with E-state index in [1.54, 1.807) is 0 Å². The molecule has 1 heterocycles. The topological polar surface area (TPSA) is 52.0 Å². The average Bonchev–Trinajstić information content (AvgIpc) is 2.18. The molecular weight excluding hydrogens is 116 g/mol. The number of azide groups is 1. The maximum absolute atomic E-state index is 8.08. The van der Waals surface area contributed by atoms with E-state index in [2.05, 4.69) is 14.9 Å². The fraction of sp³-hybridized carbons (Fsp3) is 1.00. The lowest BCUT2D eigenvalue weighted by atomic mass is 10.3. The number of nitrogens with zero attached hydrogens (tertiary/aromatic N) is 4. The summed E-state index contributed by atoms with van der Waals surface area (Å²) in [4.78, 5) is 4.82. The molecule has 0 aromatic heterocycles. The van der Waals surface area contributed by atoms with Crippen molar-refractivity contribution >= 4 is 0 Å². The standard InChI is InChI=1S/C5H10N4/c1-9-4-2-3-5(9)7-8-6/h5H,2-4H2,1H3. The molecule has 1 atom stereocenters. The number of likely N-dealkylation sites (tertiary alicyclic amines) is 1. The van der Waals surface area contributed by atoms with E-state index in [-0.39, 0.29) is 6.17 Å². The van der Waals surface area contributed by atoms with Gasteiger partial charge in [-0.1, -0.05) is 5.11 Å². The Bertz CT molecular complexity index is 138. The molecule has 1 saturated heterocycles. The summed E-state index contributed by atoms with van der Waals surface area (Å²) in [6, 6.07) is 0. The van der Waals surface area contributed by atoms with Gasteiger partial charge >= 0.3 is 0 Å². The van der Waals surface area contributed by atoms with Gasteiger partial charge in [-0.25, -0.2) is 0 Å². The third kappa shape index (κ3) is 1.34. The smallest absolute Gasteiger partial charge is 0.0884 e. The molecule has 0 radical (unpaired) electrons. The fourth-order valence-corrected chi connectivity index (χ4v) is 1.10. The number of hydrogen-bond acceptors (Lipinski definition) is 2. The SMILES string of the molecule is CN1CCCC1N=[N+]=[N-]. The van der Waals surface area contributed by atoms with Crippen LogP contribution in [0.5, 0.6) is 0 Å². The van der Waals surface area contributed by atoms with E-state index in [0.29, 0.717) is 0 Å². The highest BCUT2D eigenvalue weighted by atomic mass is 15.3. The van der Waals surface area contributed by atoms with Crippen LogP contribution in [0, 0.1) is 0 Å². The summed E-state index contributed by atoms with van der Waals surface area (Å²) in [6.45, 7) is 1.06. The Kier molecular flexibility index (Phi) is 1.92. The molecule has 0 aromatic carbocycles. The molecule has 50 valence electrons. The van der Waals surface area contributed by atoms with Crippen LogP contribution in [0.1, 0.15) is 12.8 Å². The minimum atomic E-state index is 0.120. The maximum Gasteiger partial charge on any atom is 0.0884 e. The lowest BCUT2D eigenvalue weighted by molar-refractivity contribution is 0.318. The molecule has 0 aromatic rings. The lowest BCUT2D eigenvalue weighted by Gasteiger charge is -2.11. The highest BCUT2D eigenvalue weighted by Crippen LogP contribution is 2.15. The molecule has 1 fully saturated rings. The van der Waals surface area contributed by atoms with Gasteiger partial charge in [0.15, 0.2) is 0 Å². The van der Waals surface area contributed by atoms with Crippen LogP contribution in [-0.4, -0.2) is 24.7 Å². The molecule has 4 nitrogen and oxygen atoms in total. The first-order valence-electron chi connectivity index (χ1n) is 3.09. The molecular formula is C5H10N4. The second kappa shape index (κ2) is 2.71. The Hall–Kier alpha value is -0.730. The van der Waals surface area contributed by atoms with E-state index < -0.39 is 0 Å². The van der Waals surface area contributed by atoms with Crippen molar-refractivity contribution in [2.75, 3.05) is 13.6 Å². The molecule has 0 bridgehead atoms. The summed E-state index contributed by atoms with van der Waals surface area (Å²) in [5.74, 6) is 0. The van der Waals surface area contributed by atoms with Crippen LogP contribution < -0.4 is 0 Å². The summed E-state index contributed by atoms with van der Waals surface area (Å²) in [7, 11) is 1.98. The van der Waals surface area contributed by atoms with Gasteiger partial charge in [0, 0.05) is 4.91 Å². The quantitative estimate of drug-likeness (QED) is 0.297. The summed E-state index contributed by atoms with van der Waals surface area (Å²) in [6.07, 6.45) is 2.29. The van der Waals surface area contributed by atoms with Crippen LogP contribution in [0.2, 0.25) is 0 Å². The van der Waals surface area contributed by atoms with Crippen molar-refractivity contribution < 1.29 is 0 Å². The average molecular weight is 126 g/mol. The van der Waals surface area contributed by atoms with Crippen molar-refractivity contribution in [2.24, 2.45) is 5.11 Å². The summed E-state index contributed by atoms with van der Waals surface area (Å²) in [5, 5.41) is 3.61. The van der Waals surface area contributed by atoms with E-state index in [1.807, 2.05) is 7.05 Å². The summed E-state index contributed by atoms with van der Waals surface area (Å²) >= 11 is 0. The third-order valence-electron chi connectivity index (χ3n) is 1.67. The Balaban J connectivity index is 2.49. The van der Waals surface area contributed by atoms with Gasteiger partial charge in [-0.2, -0.15) is 0 Å². The van der Waals surface area contributed by atoms with Gasteiger partial charge in [-0.15, -0.1) is 0 Å². The summed E-state index contributed by atoms with van der Waals surface area (Å²) < 4.78 is 0. The molecule has 1 aliphatic heterocycles. The van der Waals surface area contributed by atoms with E-state index in [1.165, 1.54) is 0 Å². The molecule has 1 unspecified atom stereocenters. The molecule has 0 saturated carbocycles. The minimum Gasteiger partial charge on any atom is -0.298 e. The molecule has 0 aliphatic carbocycles. The largest absolute Gasteiger partial charge is 0.298 e. The number of rotatable bonds is 1. The van der Waals surface area contributed by atoms with Crippen molar-refractivity contribution in [3.63, 3.8) is 0 Å². The van der Waals surface area contributed by atoms with E-state index in [0.717, 1.165) is 19.4 Å². The van der Waals surface area contributed by atoms with Crippen molar-refractivity contribution in [1.29, 1.82) is 0 Å². The Morgan fingerprint density at radius 2 is 2.56 bits per heavy atom. The van der Waals surface area contributed by atoms with Gasteiger partial charge in [0.1, 0.15) is 0 Å². The lowest BCUT2D eigenvalue weighted by Crippen LogP contribution is -2.21. The minimum absolute atomic E-state index is 0.120. The predicted octanol–water partition coefficient (Wildman–Crippen LogP) is 1.35. The molecule has 1 rings (SSSR count). The molecule has 1 aliphatic rings. The molecule has 9 heavy (non-hydrogen) atoms. The van der Waals surface area contributed by atoms with Gasteiger partial charge in [0.05, 0.1) is 6.17 Å². The highest BCUT2D eigenvalue weighted by molar-refractivity contribution is 4.73. The van der Waals surface area contributed by atoms with Crippen molar-refractivity contribution in [3.05, 3.63) is 10.4 Å². The van der Waals surface area contributed by atoms with Crippen LogP contribution in [0.15, 0.2) is 5.11 Å².